The van der Waals surface area contributed by atoms with Crippen molar-refractivity contribution >= 4 is 0 Å². The summed E-state index contributed by atoms with van der Waals surface area (Å²) in [6.07, 6.45) is 21.9. The molecule has 1 aliphatic heterocycles. The number of rotatable bonds is 21. The van der Waals surface area contributed by atoms with Crippen molar-refractivity contribution in [3.63, 3.8) is 0 Å². The molecule has 0 N–H and O–H groups in total. The van der Waals surface area contributed by atoms with Crippen LogP contribution in [0, 0.1) is 0 Å². The average Bonchev–Trinajstić information content (AvgIpc) is 3.41. The molecule has 0 aromatic heterocycles. The Kier molecular flexibility index (Phi) is 16.6. The Hall–Kier alpha value is -0.120. The topological polar surface area (TPSA) is 31.0 Å². The SMILES string of the molecule is CCCCCCCCOC(CCCCCCC)OC1OC1CCCCCC. The number of unbranched alkanes of at least 4 members (excludes halogenated alkanes) is 12. The summed E-state index contributed by atoms with van der Waals surface area (Å²) < 4.78 is 18.0. The Labute approximate surface area is 169 Å². The molecule has 1 aliphatic rings. The van der Waals surface area contributed by atoms with E-state index in [9.17, 15) is 0 Å². The summed E-state index contributed by atoms with van der Waals surface area (Å²) in [6.45, 7) is 7.62. The molecule has 0 aromatic rings. The highest BCUT2D eigenvalue weighted by molar-refractivity contribution is 4.77. The van der Waals surface area contributed by atoms with Gasteiger partial charge in [0.1, 0.15) is 6.10 Å². The van der Waals surface area contributed by atoms with Crippen molar-refractivity contribution in [3.05, 3.63) is 0 Å². The van der Waals surface area contributed by atoms with E-state index in [0.717, 1.165) is 25.9 Å². The lowest BCUT2D eigenvalue weighted by Gasteiger charge is -2.18. The lowest BCUT2D eigenvalue weighted by molar-refractivity contribution is -0.172. The lowest BCUT2D eigenvalue weighted by Crippen LogP contribution is -2.20. The van der Waals surface area contributed by atoms with Gasteiger partial charge in [-0.25, -0.2) is 0 Å². The van der Waals surface area contributed by atoms with E-state index in [1.165, 1.54) is 89.9 Å². The van der Waals surface area contributed by atoms with E-state index in [4.69, 9.17) is 14.2 Å². The molecule has 0 amide bonds. The van der Waals surface area contributed by atoms with Gasteiger partial charge >= 0.3 is 0 Å². The van der Waals surface area contributed by atoms with E-state index >= 15 is 0 Å². The van der Waals surface area contributed by atoms with Crippen LogP contribution in [0.15, 0.2) is 0 Å². The zero-order valence-electron chi connectivity index (χ0n) is 18.7. The Bertz CT molecular complexity index is 308. The van der Waals surface area contributed by atoms with Gasteiger partial charge in [-0.15, -0.1) is 0 Å². The number of epoxide rings is 1. The standard InChI is InChI=1S/C24H48O3/c1-4-7-10-13-15-18-21-25-23(20-17-14-11-8-5-2)27-24-22(26-24)19-16-12-9-6-3/h22-24H,4-21H2,1-3H3. The van der Waals surface area contributed by atoms with Crippen molar-refractivity contribution in [3.8, 4) is 0 Å². The van der Waals surface area contributed by atoms with Crippen molar-refractivity contribution in [2.75, 3.05) is 6.61 Å². The molecule has 0 aliphatic carbocycles. The second-order valence-corrected chi connectivity index (χ2v) is 8.30. The van der Waals surface area contributed by atoms with Gasteiger partial charge in [-0.2, -0.15) is 0 Å². The Morgan fingerprint density at radius 2 is 1.22 bits per heavy atom. The molecule has 0 spiro atoms. The van der Waals surface area contributed by atoms with Crippen LogP contribution in [-0.2, 0) is 14.2 Å². The van der Waals surface area contributed by atoms with E-state index < -0.39 is 0 Å². The van der Waals surface area contributed by atoms with Gasteiger partial charge in [-0.3, -0.25) is 0 Å². The van der Waals surface area contributed by atoms with Gasteiger partial charge in [-0.1, -0.05) is 104 Å². The number of ether oxygens (including phenoxy) is 3. The average molecular weight is 385 g/mol. The second kappa shape index (κ2) is 17.9. The molecule has 0 bridgehead atoms. The summed E-state index contributed by atoms with van der Waals surface area (Å²) in [7, 11) is 0. The summed E-state index contributed by atoms with van der Waals surface area (Å²) in [5, 5.41) is 0. The fourth-order valence-corrected chi connectivity index (χ4v) is 3.58. The maximum atomic E-state index is 6.14. The molecule has 162 valence electrons. The first kappa shape index (κ1) is 24.9. The molecular weight excluding hydrogens is 336 g/mol. The Morgan fingerprint density at radius 1 is 0.667 bits per heavy atom. The van der Waals surface area contributed by atoms with Crippen LogP contribution in [-0.4, -0.2) is 25.3 Å². The van der Waals surface area contributed by atoms with Gasteiger partial charge in [0.05, 0.1) is 0 Å². The van der Waals surface area contributed by atoms with Crippen molar-refractivity contribution < 1.29 is 14.2 Å². The predicted molar refractivity (Wildman–Crippen MR) is 115 cm³/mol. The minimum absolute atomic E-state index is 0.00294. The molecule has 0 aromatic carbocycles. The lowest BCUT2D eigenvalue weighted by atomic mass is 10.1. The third kappa shape index (κ3) is 14.5. The molecule has 27 heavy (non-hydrogen) atoms. The fourth-order valence-electron chi connectivity index (χ4n) is 3.58. The maximum Gasteiger partial charge on any atom is 0.187 e. The second-order valence-electron chi connectivity index (χ2n) is 8.30. The van der Waals surface area contributed by atoms with Gasteiger partial charge in [0.25, 0.3) is 0 Å². The monoisotopic (exact) mass is 384 g/mol. The van der Waals surface area contributed by atoms with Crippen molar-refractivity contribution in [1.82, 2.24) is 0 Å². The first-order chi connectivity index (χ1) is 13.3. The molecule has 0 radical (unpaired) electrons. The van der Waals surface area contributed by atoms with Gasteiger partial charge in [0, 0.05) is 6.61 Å². The number of hydrogen-bond acceptors (Lipinski definition) is 3. The minimum Gasteiger partial charge on any atom is -0.353 e. The summed E-state index contributed by atoms with van der Waals surface area (Å²) in [5.74, 6) is 0. The van der Waals surface area contributed by atoms with Gasteiger partial charge in [0.15, 0.2) is 12.6 Å². The molecule has 3 nitrogen and oxygen atoms in total. The fraction of sp³-hybridized carbons (Fsp3) is 1.00. The van der Waals surface area contributed by atoms with Crippen molar-refractivity contribution in [2.45, 2.75) is 149 Å². The van der Waals surface area contributed by atoms with Crippen LogP contribution in [0.4, 0.5) is 0 Å². The third-order valence-corrected chi connectivity index (χ3v) is 5.51. The summed E-state index contributed by atoms with van der Waals surface area (Å²) >= 11 is 0. The van der Waals surface area contributed by atoms with Crippen LogP contribution < -0.4 is 0 Å². The number of hydrogen-bond donors (Lipinski definition) is 0. The van der Waals surface area contributed by atoms with Crippen molar-refractivity contribution in [1.29, 1.82) is 0 Å². The van der Waals surface area contributed by atoms with Gasteiger partial charge in [-0.05, 0) is 25.7 Å². The molecule has 3 heteroatoms. The third-order valence-electron chi connectivity index (χ3n) is 5.51. The van der Waals surface area contributed by atoms with E-state index in [2.05, 4.69) is 20.8 Å². The minimum atomic E-state index is -0.0621. The van der Waals surface area contributed by atoms with E-state index in [1.807, 2.05) is 0 Å². The highest BCUT2D eigenvalue weighted by Gasteiger charge is 2.41. The van der Waals surface area contributed by atoms with Crippen LogP contribution in [0.25, 0.3) is 0 Å². The summed E-state index contributed by atoms with van der Waals surface area (Å²) in [6, 6.07) is 0. The zero-order chi connectivity index (χ0) is 19.6. The highest BCUT2D eigenvalue weighted by Crippen LogP contribution is 2.31. The predicted octanol–water partition coefficient (Wildman–Crippen LogP) is 7.76. The summed E-state index contributed by atoms with van der Waals surface area (Å²) in [4.78, 5) is 0. The molecule has 3 atom stereocenters. The van der Waals surface area contributed by atoms with Crippen LogP contribution in [0.5, 0.6) is 0 Å². The Morgan fingerprint density at radius 3 is 1.89 bits per heavy atom. The smallest absolute Gasteiger partial charge is 0.187 e. The normalized spacial score (nSPS) is 20.1. The van der Waals surface area contributed by atoms with Crippen LogP contribution in [0.3, 0.4) is 0 Å². The largest absolute Gasteiger partial charge is 0.353 e. The first-order valence-corrected chi connectivity index (χ1v) is 12.2. The van der Waals surface area contributed by atoms with E-state index in [1.54, 1.807) is 0 Å². The zero-order valence-corrected chi connectivity index (χ0v) is 18.7. The van der Waals surface area contributed by atoms with Gasteiger partial charge < -0.3 is 14.2 Å². The molecular formula is C24H48O3. The summed E-state index contributed by atoms with van der Waals surface area (Å²) in [5.41, 5.74) is 0. The molecule has 0 saturated carbocycles. The highest BCUT2D eigenvalue weighted by atomic mass is 16.8. The molecule has 3 unspecified atom stereocenters. The van der Waals surface area contributed by atoms with Crippen LogP contribution >= 0.6 is 0 Å². The van der Waals surface area contributed by atoms with E-state index in [-0.39, 0.29) is 12.6 Å². The molecule has 1 heterocycles. The van der Waals surface area contributed by atoms with Gasteiger partial charge in [0.2, 0.25) is 0 Å². The van der Waals surface area contributed by atoms with Crippen LogP contribution in [0.1, 0.15) is 130 Å². The molecule has 1 rings (SSSR count). The maximum absolute atomic E-state index is 6.14. The van der Waals surface area contributed by atoms with Crippen LogP contribution in [0.2, 0.25) is 0 Å². The van der Waals surface area contributed by atoms with E-state index in [0.29, 0.717) is 6.10 Å². The molecule has 1 saturated heterocycles. The molecule has 1 fully saturated rings. The first-order valence-electron chi connectivity index (χ1n) is 12.2. The Balaban J connectivity index is 2.15. The van der Waals surface area contributed by atoms with Crippen molar-refractivity contribution in [2.24, 2.45) is 0 Å². The quantitative estimate of drug-likeness (QED) is 0.115.